The normalized spacial score (nSPS) is 13.1. The van der Waals surface area contributed by atoms with E-state index >= 15 is 0 Å². The third-order valence-corrected chi connectivity index (χ3v) is 4.90. The molecule has 0 aliphatic carbocycles. The molecule has 0 heterocycles. The molecule has 11 N–H and O–H groups in total. The third-order valence-electron chi connectivity index (χ3n) is 4.54. The number of carboxylic acids is 1. The van der Waals surface area contributed by atoms with Crippen molar-refractivity contribution in [3.05, 3.63) is 29.8 Å². The van der Waals surface area contributed by atoms with E-state index in [1.165, 1.54) is 12.1 Å². The summed E-state index contributed by atoms with van der Waals surface area (Å²) in [4.78, 5) is 52.1. The molecule has 0 saturated carbocycles. The Balaban J connectivity index is 2.84. The Hall–Kier alpha value is -3.52. The minimum atomic E-state index is -1.25. The summed E-state index contributed by atoms with van der Waals surface area (Å²) in [7, 11) is 0. The van der Waals surface area contributed by atoms with E-state index in [1.807, 2.05) is 0 Å². The molecule has 14 heteroatoms. The number of phenolic OH excluding ortho intramolecular Hbond substituents is 1. The van der Waals surface area contributed by atoms with Gasteiger partial charge in [-0.3, -0.25) is 24.2 Å². The topological polar surface area (TPSA) is 235 Å². The minimum absolute atomic E-state index is 0.0745. The number of rotatable bonds is 14. The second-order valence-corrected chi connectivity index (χ2v) is 7.71. The van der Waals surface area contributed by atoms with Crippen molar-refractivity contribution in [2.75, 3.05) is 18.8 Å². The van der Waals surface area contributed by atoms with Crippen molar-refractivity contribution in [1.82, 2.24) is 16.0 Å². The number of carbonyl (C=O) groups excluding carboxylic acids is 3. The van der Waals surface area contributed by atoms with Gasteiger partial charge in [0.05, 0.1) is 6.04 Å². The van der Waals surface area contributed by atoms with Gasteiger partial charge in [-0.15, -0.1) is 0 Å². The molecular weight excluding hydrogens is 466 g/mol. The lowest BCUT2D eigenvalue weighted by atomic mass is 10.0. The van der Waals surface area contributed by atoms with Crippen molar-refractivity contribution in [3.63, 3.8) is 0 Å². The van der Waals surface area contributed by atoms with Crippen LogP contribution in [0, 0.1) is 0 Å². The maximum absolute atomic E-state index is 12.8. The number of hydrogen-bond acceptors (Lipinski definition) is 8. The SMILES string of the molecule is NC(N)=NCCCC(NC(=O)C(N)Cc1ccc(O)cc1)C(=O)NC(CS)C(=O)NCC(=O)O. The Morgan fingerprint density at radius 2 is 1.62 bits per heavy atom. The highest BCUT2D eigenvalue weighted by Crippen LogP contribution is 2.11. The largest absolute Gasteiger partial charge is 0.508 e. The highest BCUT2D eigenvalue weighted by atomic mass is 32.1. The summed E-state index contributed by atoms with van der Waals surface area (Å²) in [6.45, 7) is -0.416. The molecule has 0 aromatic heterocycles. The number of aliphatic imine (C=N–C) groups is 1. The minimum Gasteiger partial charge on any atom is -0.508 e. The summed E-state index contributed by atoms with van der Waals surface area (Å²) in [5, 5.41) is 25.2. The van der Waals surface area contributed by atoms with E-state index in [0.29, 0.717) is 12.0 Å². The van der Waals surface area contributed by atoms with Crippen LogP contribution in [0.1, 0.15) is 18.4 Å². The number of thiol groups is 1. The average Bonchev–Trinajstić information content (AvgIpc) is 2.78. The summed E-state index contributed by atoms with van der Waals surface area (Å²) in [6.07, 6.45) is 0.627. The number of carboxylic acid groups (broad SMARTS) is 1. The number of phenols is 1. The molecular formula is C20H31N7O6S. The smallest absolute Gasteiger partial charge is 0.322 e. The highest BCUT2D eigenvalue weighted by molar-refractivity contribution is 7.80. The number of nitrogens with zero attached hydrogens (tertiary/aromatic N) is 1. The van der Waals surface area contributed by atoms with Gasteiger partial charge in [0.25, 0.3) is 0 Å². The van der Waals surface area contributed by atoms with Gasteiger partial charge in [0.15, 0.2) is 5.96 Å². The first kappa shape index (κ1) is 28.5. The summed E-state index contributed by atoms with van der Waals surface area (Å²) in [5.41, 5.74) is 17.3. The van der Waals surface area contributed by atoms with Gasteiger partial charge < -0.3 is 43.4 Å². The molecule has 3 unspecified atom stereocenters. The van der Waals surface area contributed by atoms with Crippen LogP contribution in [0.2, 0.25) is 0 Å². The van der Waals surface area contributed by atoms with Gasteiger partial charge >= 0.3 is 5.97 Å². The van der Waals surface area contributed by atoms with Crippen molar-refractivity contribution in [2.24, 2.45) is 22.2 Å². The quantitative estimate of drug-likeness (QED) is 0.0567. The van der Waals surface area contributed by atoms with Crippen LogP contribution in [-0.2, 0) is 25.6 Å². The number of nitrogens with one attached hydrogen (secondary N) is 3. The van der Waals surface area contributed by atoms with E-state index in [1.54, 1.807) is 12.1 Å². The Kier molecular flexibility index (Phi) is 12.2. The molecule has 0 aliphatic rings. The summed E-state index contributed by atoms with van der Waals surface area (Å²) in [6, 6.07) is 2.99. The average molecular weight is 498 g/mol. The molecule has 13 nitrogen and oxygen atoms in total. The molecule has 0 fully saturated rings. The van der Waals surface area contributed by atoms with Gasteiger partial charge in [-0.2, -0.15) is 12.6 Å². The molecule has 34 heavy (non-hydrogen) atoms. The molecule has 3 atom stereocenters. The number of aromatic hydroxyl groups is 1. The van der Waals surface area contributed by atoms with Gasteiger partial charge in [0, 0.05) is 12.3 Å². The molecule has 0 radical (unpaired) electrons. The Morgan fingerprint density at radius 3 is 2.18 bits per heavy atom. The lowest BCUT2D eigenvalue weighted by molar-refractivity contribution is -0.138. The van der Waals surface area contributed by atoms with Gasteiger partial charge in [-0.25, -0.2) is 0 Å². The number of nitrogens with two attached hydrogens (primary N) is 3. The molecule has 0 saturated heterocycles. The van der Waals surface area contributed by atoms with Gasteiger partial charge in [0.2, 0.25) is 17.7 Å². The Morgan fingerprint density at radius 1 is 1.00 bits per heavy atom. The Labute approximate surface area is 201 Å². The monoisotopic (exact) mass is 497 g/mol. The van der Waals surface area contributed by atoms with Crippen molar-refractivity contribution in [2.45, 2.75) is 37.4 Å². The number of amides is 3. The number of benzene rings is 1. The van der Waals surface area contributed by atoms with Crippen molar-refractivity contribution < 1.29 is 29.4 Å². The zero-order valence-electron chi connectivity index (χ0n) is 18.4. The fourth-order valence-corrected chi connectivity index (χ4v) is 3.04. The van der Waals surface area contributed by atoms with Gasteiger partial charge in [-0.1, -0.05) is 12.1 Å². The lowest BCUT2D eigenvalue weighted by Gasteiger charge is -2.23. The van der Waals surface area contributed by atoms with E-state index in [9.17, 15) is 24.3 Å². The van der Waals surface area contributed by atoms with Crippen molar-refractivity contribution in [3.8, 4) is 5.75 Å². The molecule has 1 rings (SSSR count). The van der Waals surface area contributed by atoms with Crippen molar-refractivity contribution in [1.29, 1.82) is 0 Å². The van der Waals surface area contributed by atoms with E-state index in [-0.39, 0.29) is 36.8 Å². The van der Waals surface area contributed by atoms with Crippen LogP contribution < -0.4 is 33.2 Å². The van der Waals surface area contributed by atoms with E-state index in [4.69, 9.17) is 22.3 Å². The number of hydrogen-bond donors (Lipinski definition) is 9. The van der Waals surface area contributed by atoms with E-state index in [2.05, 4.69) is 33.6 Å². The van der Waals surface area contributed by atoms with Crippen LogP contribution in [0.25, 0.3) is 0 Å². The van der Waals surface area contributed by atoms with Crippen molar-refractivity contribution >= 4 is 42.3 Å². The second kappa shape index (κ2) is 14.6. The van der Waals surface area contributed by atoms with Gasteiger partial charge in [-0.05, 0) is 37.0 Å². The third kappa shape index (κ3) is 10.9. The summed E-state index contributed by atoms with van der Waals surface area (Å²) in [5.74, 6) is -3.42. The maximum Gasteiger partial charge on any atom is 0.322 e. The fourth-order valence-electron chi connectivity index (χ4n) is 2.78. The molecule has 1 aromatic rings. The molecule has 188 valence electrons. The zero-order chi connectivity index (χ0) is 25.7. The summed E-state index contributed by atoms with van der Waals surface area (Å²) < 4.78 is 0. The standard InChI is InChI=1S/C20H31N7O6S/c21-13(8-11-3-5-12(28)6-4-11)17(31)26-14(2-1-7-24-20(22)23)19(33)27-15(10-34)18(32)25-9-16(29)30/h3-6,13-15,28,34H,1-2,7-10,21H2,(H,25,32)(H,26,31)(H,27,33)(H,29,30)(H4,22,23,24). The lowest BCUT2D eigenvalue weighted by Crippen LogP contribution is -2.56. The molecule has 0 aliphatic heterocycles. The molecule has 3 amide bonds. The fraction of sp³-hybridized carbons (Fsp3) is 0.450. The van der Waals surface area contributed by atoms with Crippen LogP contribution >= 0.6 is 12.6 Å². The molecule has 1 aromatic carbocycles. The highest BCUT2D eigenvalue weighted by Gasteiger charge is 2.27. The summed E-state index contributed by atoms with van der Waals surface area (Å²) >= 11 is 4.02. The van der Waals surface area contributed by atoms with E-state index in [0.717, 1.165) is 0 Å². The van der Waals surface area contributed by atoms with Crippen LogP contribution in [0.15, 0.2) is 29.3 Å². The first-order chi connectivity index (χ1) is 16.0. The number of carbonyl (C=O) groups is 4. The second-order valence-electron chi connectivity index (χ2n) is 7.34. The zero-order valence-corrected chi connectivity index (χ0v) is 19.3. The number of aliphatic carboxylic acids is 1. The predicted molar refractivity (Wildman–Crippen MR) is 128 cm³/mol. The van der Waals surface area contributed by atoms with Crippen LogP contribution in [-0.4, -0.2) is 76.8 Å². The first-order valence-corrected chi connectivity index (χ1v) is 11.0. The Bertz CT molecular complexity index is 877. The van der Waals surface area contributed by atoms with Gasteiger partial charge in [0.1, 0.15) is 24.4 Å². The first-order valence-electron chi connectivity index (χ1n) is 10.3. The van der Waals surface area contributed by atoms with Crippen LogP contribution in [0.5, 0.6) is 5.75 Å². The molecule has 0 spiro atoms. The van der Waals surface area contributed by atoms with E-state index < -0.39 is 48.4 Å². The maximum atomic E-state index is 12.8. The van der Waals surface area contributed by atoms with Crippen LogP contribution in [0.3, 0.4) is 0 Å². The molecule has 0 bridgehead atoms. The number of guanidine groups is 1. The van der Waals surface area contributed by atoms with Crippen LogP contribution in [0.4, 0.5) is 0 Å². The predicted octanol–water partition coefficient (Wildman–Crippen LogP) is -2.58.